The van der Waals surface area contributed by atoms with Gasteiger partial charge >= 0.3 is 0 Å². The maximum atomic E-state index is 9.17. The number of pyridine rings is 2. The van der Waals surface area contributed by atoms with E-state index in [-0.39, 0.29) is 6.61 Å². The van der Waals surface area contributed by atoms with Crippen molar-refractivity contribution >= 4 is 0 Å². The molecule has 0 fully saturated rings. The van der Waals surface area contributed by atoms with E-state index >= 15 is 0 Å². The third-order valence-corrected chi connectivity index (χ3v) is 5.05. The molecule has 28 heavy (non-hydrogen) atoms. The minimum Gasteiger partial charge on any atom is -0.392 e. The highest BCUT2D eigenvalue weighted by atomic mass is 16.3. The van der Waals surface area contributed by atoms with E-state index < -0.39 is 0 Å². The molecule has 2 aromatic heterocycles. The Morgan fingerprint density at radius 1 is 0.571 bits per heavy atom. The van der Waals surface area contributed by atoms with Gasteiger partial charge in [0.2, 0.25) is 11.4 Å². The van der Waals surface area contributed by atoms with Crippen LogP contribution in [0.5, 0.6) is 0 Å². The number of aryl methyl sites for hydroxylation is 1. The molecule has 0 saturated carbocycles. The molecular weight excluding hydrogens is 344 g/mol. The Morgan fingerprint density at radius 2 is 0.964 bits per heavy atom. The van der Waals surface area contributed by atoms with Gasteiger partial charge in [0.15, 0.2) is 24.8 Å². The molecule has 0 unspecified atom stereocenters. The summed E-state index contributed by atoms with van der Waals surface area (Å²) in [5.41, 5.74) is 6.87. The first kappa shape index (κ1) is 18.1. The summed E-state index contributed by atoms with van der Waals surface area (Å²) in [7, 11) is 0. The second-order valence-corrected chi connectivity index (χ2v) is 6.83. The molecule has 3 nitrogen and oxygen atoms in total. The van der Waals surface area contributed by atoms with E-state index in [2.05, 4.69) is 89.4 Å². The summed E-state index contributed by atoms with van der Waals surface area (Å²) in [6, 6.07) is 25.1. The zero-order valence-corrected chi connectivity index (χ0v) is 16.0. The Kier molecular flexibility index (Phi) is 5.27. The summed E-state index contributed by atoms with van der Waals surface area (Å²) in [6.07, 6.45) is 9.39. The van der Waals surface area contributed by atoms with Crippen LogP contribution in [0.2, 0.25) is 0 Å². The molecular formula is C25H24N2O+2. The Labute approximate surface area is 165 Å². The average Bonchev–Trinajstić information content (AvgIpc) is 2.79. The zero-order valence-electron chi connectivity index (χ0n) is 16.0. The van der Waals surface area contributed by atoms with Crippen LogP contribution in [0.15, 0.2) is 97.6 Å². The van der Waals surface area contributed by atoms with Crippen molar-refractivity contribution in [2.45, 2.75) is 20.0 Å². The lowest BCUT2D eigenvalue weighted by Crippen LogP contribution is -2.29. The molecule has 2 aromatic carbocycles. The largest absolute Gasteiger partial charge is 0.392 e. The van der Waals surface area contributed by atoms with Crippen molar-refractivity contribution in [3.8, 4) is 22.5 Å². The molecule has 4 rings (SSSR count). The van der Waals surface area contributed by atoms with Crippen molar-refractivity contribution in [3.05, 3.63) is 109 Å². The topological polar surface area (TPSA) is 28.0 Å². The minimum absolute atomic E-state index is 0.0701. The number of nitrogens with zero attached hydrogens (tertiary/aromatic N) is 2. The maximum Gasteiger partial charge on any atom is 0.210 e. The number of aliphatic hydroxyl groups excluding tert-OH is 1. The van der Waals surface area contributed by atoms with Crippen LogP contribution in [-0.4, -0.2) is 5.11 Å². The lowest BCUT2D eigenvalue weighted by molar-refractivity contribution is -0.596. The predicted molar refractivity (Wildman–Crippen MR) is 110 cm³/mol. The van der Waals surface area contributed by atoms with E-state index in [0.717, 1.165) is 17.7 Å². The molecule has 0 aliphatic rings. The average molecular weight is 368 g/mol. The molecule has 0 amide bonds. The van der Waals surface area contributed by atoms with Gasteiger partial charge in [-0.3, -0.25) is 0 Å². The fourth-order valence-electron chi connectivity index (χ4n) is 3.26. The van der Waals surface area contributed by atoms with Crippen LogP contribution in [0.4, 0.5) is 0 Å². The quantitative estimate of drug-likeness (QED) is 0.531. The monoisotopic (exact) mass is 368 g/mol. The fourth-order valence-corrected chi connectivity index (χ4v) is 3.26. The Morgan fingerprint density at radius 3 is 1.32 bits per heavy atom. The van der Waals surface area contributed by atoms with Crippen LogP contribution in [0.25, 0.3) is 22.5 Å². The molecule has 1 N–H and O–H groups in total. The van der Waals surface area contributed by atoms with E-state index in [1.807, 2.05) is 24.3 Å². The van der Waals surface area contributed by atoms with E-state index in [1.165, 1.54) is 22.4 Å². The molecule has 0 aliphatic carbocycles. The molecule has 4 aromatic rings. The molecule has 0 atom stereocenters. The van der Waals surface area contributed by atoms with E-state index in [9.17, 15) is 0 Å². The van der Waals surface area contributed by atoms with Gasteiger partial charge in [0, 0.05) is 48.5 Å². The third-order valence-electron chi connectivity index (χ3n) is 5.05. The summed E-state index contributed by atoms with van der Waals surface area (Å²) in [4.78, 5) is 0. The number of hydrogen-bond donors (Lipinski definition) is 1. The van der Waals surface area contributed by atoms with Crippen molar-refractivity contribution in [2.24, 2.45) is 0 Å². The molecule has 2 heterocycles. The molecule has 0 saturated heterocycles. The summed E-state index contributed by atoms with van der Waals surface area (Å²) in [5, 5.41) is 9.17. The Hall–Kier alpha value is -3.30. The first-order valence-corrected chi connectivity index (χ1v) is 9.59. The second-order valence-electron chi connectivity index (χ2n) is 6.83. The number of aliphatic hydroxyl groups is 1. The van der Waals surface area contributed by atoms with Gasteiger partial charge < -0.3 is 5.11 Å². The smallest absolute Gasteiger partial charge is 0.210 e. The van der Waals surface area contributed by atoms with Crippen molar-refractivity contribution in [1.82, 2.24) is 0 Å². The number of hydrogen-bond acceptors (Lipinski definition) is 1. The first-order chi connectivity index (χ1) is 13.8. The van der Waals surface area contributed by atoms with Gasteiger partial charge in [0.25, 0.3) is 0 Å². The van der Waals surface area contributed by atoms with Crippen molar-refractivity contribution < 1.29 is 14.2 Å². The SMILES string of the molecule is CCc1ccc(-[n+]2ccc(-c3cc[n+](-c4ccc(CO)cc4)cc3)cc2)cc1. The van der Waals surface area contributed by atoms with Gasteiger partial charge in [-0.05, 0) is 28.7 Å². The minimum atomic E-state index is 0.0701. The number of benzene rings is 2. The van der Waals surface area contributed by atoms with Crippen molar-refractivity contribution in [2.75, 3.05) is 0 Å². The van der Waals surface area contributed by atoms with Crippen LogP contribution < -0.4 is 9.13 Å². The van der Waals surface area contributed by atoms with Crippen molar-refractivity contribution in [3.63, 3.8) is 0 Å². The summed E-state index contributed by atoms with van der Waals surface area (Å²) in [6.45, 7) is 2.24. The maximum absolute atomic E-state index is 9.17. The molecule has 0 aliphatic heterocycles. The second kappa shape index (κ2) is 8.15. The summed E-state index contributed by atoms with van der Waals surface area (Å²) in [5.74, 6) is 0. The van der Waals surface area contributed by atoms with Gasteiger partial charge in [-0.2, -0.15) is 9.13 Å². The van der Waals surface area contributed by atoms with Crippen LogP contribution in [0.3, 0.4) is 0 Å². The van der Waals surface area contributed by atoms with Crippen LogP contribution in [-0.2, 0) is 13.0 Å². The van der Waals surface area contributed by atoms with Crippen LogP contribution in [0.1, 0.15) is 18.1 Å². The highest BCUT2D eigenvalue weighted by molar-refractivity contribution is 5.61. The molecule has 138 valence electrons. The number of aromatic nitrogens is 2. The Balaban J connectivity index is 1.53. The zero-order chi connectivity index (χ0) is 19.3. The van der Waals surface area contributed by atoms with Crippen LogP contribution in [0, 0.1) is 0 Å². The van der Waals surface area contributed by atoms with Crippen molar-refractivity contribution in [1.29, 1.82) is 0 Å². The standard InChI is InChI=1S/C25H24N2O/c1-2-20-3-7-24(8-4-20)26-15-11-22(12-16-26)23-13-17-27(18-14-23)25-9-5-21(19-28)6-10-25/h3-18,28H,2,19H2,1H3/q+2. The lowest BCUT2D eigenvalue weighted by Gasteiger charge is -2.02. The first-order valence-electron chi connectivity index (χ1n) is 9.59. The van der Waals surface area contributed by atoms with Gasteiger partial charge in [0.05, 0.1) is 6.61 Å². The van der Waals surface area contributed by atoms with Gasteiger partial charge in [0.1, 0.15) is 0 Å². The predicted octanol–water partition coefficient (Wildman–Crippen LogP) is 3.96. The highest BCUT2D eigenvalue weighted by Crippen LogP contribution is 2.17. The normalized spacial score (nSPS) is 10.8. The van der Waals surface area contributed by atoms with E-state index in [4.69, 9.17) is 5.11 Å². The van der Waals surface area contributed by atoms with Gasteiger partial charge in [-0.15, -0.1) is 0 Å². The molecule has 0 radical (unpaired) electrons. The lowest BCUT2D eigenvalue weighted by atomic mass is 10.1. The fraction of sp³-hybridized carbons (Fsp3) is 0.120. The molecule has 3 heteroatoms. The van der Waals surface area contributed by atoms with E-state index in [0.29, 0.717) is 0 Å². The van der Waals surface area contributed by atoms with Gasteiger partial charge in [-0.25, -0.2) is 0 Å². The third kappa shape index (κ3) is 3.85. The highest BCUT2D eigenvalue weighted by Gasteiger charge is 2.09. The molecule has 0 bridgehead atoms. The summed E-state index contributed by atoms with van der Waals surface area (Å²) >= 11 is 0. The molecule has 0 spiro atoms. The summed E-state index contributed by atoms with van der Waals surface area (Å²) < 4.78 is 4.21. The van der Waals surface area contributed by atoms with Crippen LogP contribution >= 0.6 is 0 Å². The number of rotatable bonds is 5. The Bertz CT molecular complexity index is 947. The van der Waals surface area contributed by atoms with Gasteiger partial charge in [-0.1, -0.05) is 31.2 Å². The van der Waals surface area contributed by atoms with E-state index in [1.54, 1.807) is 0 Å².